The minimum atomic E-state index is -0.242. The van der Waals surface area contributed by atoms with Gasteiger partial charge < -0.3 is 24.8 Å². The number of benzene rings is 2. The second-order valence-corrected chi connectivity index (χ2v) is 6.91. The topological polar surface area (TPSA) is 81.7 Å². The molecule has 168 valence electrons. The molecule has 7 nitrogen and oxygen atoms in total. The van der Waals surface area contributed by atoms with Gasteiger partial charge in [-0.1, -0.05) is 12.1 Å². The van der Waals surface area contributed by atoms with Crippen LogP contribution in [-0.2, 0) is 6.42 Å². The predicted octanol–water partition coefficient (Wildman–Crippen LogP) is 4.79. The minimum Gasteiger partial charge on any atom is -0.497 e. The molecular weight excluding hydrogens is 406 g/mol. The molecule has 0 fully saturated rings. The zero-order chi connectivity index (χ0) is 22.8. The third kappa shape index (κ3) is 6.14. The first-order valence-corrected chi connectivity index (χ1v) is 10.7. The molecule has 0 saturated heterocycles. The number of hydrogen-bond acceptors (Lipinski definition) is 6. The number of carbonyl (C=O) groups excluding carboxylic acids is 1. The van der Waals surface area contributed by atoms with E-state index in [9.17, 15) is 4.79 Å². The summed E-state index contributed by atoms with van der Waals surface area (Å²) in [7, 11) is 1.59. The number of nitrogens with zero attached hydrogens (tertiary/aromatic N) is 1. The zero-order valence-corrected chi connectivity index (χ0v) is 18.7. The number of rotatable bonds is 11. The molecule has 0 atom stereocenters. The third-order valence-electron chi connectivity index (χ3n) is 4.69. The average Bonchev–Trinajstić information content (AvgIpc) is 2.81. The Morgan fingerprint density at radius 3 is 2.56 bits per heavy atom. The monoisotopic (exact) mass is 435 g/mol. The lowest BCUT2D eigenvalue weighted by Gasteiger charge is -2.14. The minimum absolute atomic E-state index is 0.242. The van der Waals surface area contributed by atoms with E-state index in [0.717, 1.165) is 23.5 Å². The Hall–Kier alpha value is -3.74. The van der Waals surface area contributed by atoms with Crippen LogP contribution in [0.4, 0.5) is 11.5 Å². The van der Waals surface area contributed by atoms with Crippen molar-refractivity contribution < 1.29 is 19.0 Å². The number of hydrogen-bond donors (Lipinski definition) is 2. The summed E-state index contributed by atoms with van der Waals surface area (Å²) in [5.74, 6) is 2.45. The van der Waals surface area contributed by atoms with E-state index in [1.165, 1.54) is 0 Å². The van der Waals surface area contributed by atoms with E-state index in [-0.39, 0.29) is 5.91 Å². The summed E-state index contributed by atoms with van der Waals surface area (Å²) in [4.78, 5) is 17.2. The Kier molecular flexibility index (Phi) is 8.31. The molecule has 0 spiro atoms. The summed E-state index contributed by atoms with van der Waals surface area (Å²) in [6.45, 7) is 5.66. The smallest absolute Gasteiger partial charge is 0.259 e. The third-order valence-corrected chi connectivity index (χ3v) is 4.69. The number of anilines is 2. The van der Waals surface area contributed by atoms with Crippen molar-refractivity contribution in [3.63, 3.8) is 0 Å². The standard InChI is InChI=1S/C25H29N3O4/c1-4-31-22-12-11-18(16-23(22)32-5-2)13-15-27-24-21(10-7-14-26-24)25(29)28-19-8-6-9-20(17-19)30-3/h6-12,14,16-17H,4-5,13,15H2,1-3H3,(H,26,27)(H,28,29). The molecule has 2 aromatic carbocycles. The normalized spacial score (nSPS) is 10.3. The van der Waals surface area contributed by atoms with Crippen molar-refractivity contribution in [3.05, 3.63) is 71.9 Å². The van der Waals surface area contributed by atoms with Crippen LogP contribution in [0.1, 0.15) is 29.8 Å². The Morgan fingerprint density at radius 2 is 1.78 bits per heavy atom. The Labute approximate surface area is 188 Å². The number of amides is 1. The molecule has 1 aromatic heterocycles. The first kappa shape index (κ1) is 22.9. The van der Waals surface area contributed by atoms with Crippen LogP contribution in [0.15, 0.2) is 60.8 Å². The van der Waals surface area contributed by atoms with E-state index in [2.05, 4.69) is 15.6 Å². The number of carbonyl (C=O) groups is 1. The summed E-state index contributed by atoms with van der Waals surface area (Å²) in [6, 6.07) is 16.7. The van der Waals surface area contributed by atoms with Gasteiger partial charge >= 0.3 is 0 Å². The molecule has 0 radical (unpaired) electrons. The molecule has 0 aliphatic rings. The summed E-state index contributed by atoms with van der Waals surface area (Å²) >= 11 is 0. The highest BCUT2D eigenvalue weighted by Crippen LogP contribution is 2.28. The van der Waals surface area contributed by atoms with Crippen LogP contribution >= 0.6 is 0 Å². The number of pyridine rings is 1. The lowest BCUT2D eigenvalue weighted by atomic mass is 10.1. The van der Waals surface area contributed by atoms with Crippen LogP contribution in [0.3, 0.4) is 0 Å². The van der Waals surface area contributed by atoms with E-state index in [1.54, 1.807) is 31.5 Å². The van der Waals surface area contributed by atoms with Crippen LogP contribution in [0.2, 0.25) is 0 Å². The average molecular weight is 436 g/mol. The summed E-state index contributed by atoms with van der Waals surface area (Å²) in [5, 5.41) is 6.17. The van der Waals surface area contributed by atoms with Crippen LogP contribution in [0, 0.1) is 0 Å². The maximum absolute atomic E-state index is 12.8. The molecular formula is C25H29N3O4. The molecule has 1 amide bonds. The van der Waals surface area contributed by atoms with Gasteiger partial charge in [-0.2, -0.15) is 0 Å². The van der Waals surface area contributed by atoms with Crippen molar-refractivity contribution in [2.75, 3.05) is 37.5 Å². The SMILES string of the molecule is CCOc1ccc(CCNc2ncccc2C(=O)Nc2cccc(OC)c2)cc1OCC. The molecule has 32 heavy (non-hydrogen) atoms. The van der Waals surface area contributed by atoms with Gasteiger partial charge in [-0.15, -0.1) is 0 Å². The highest BCUT2D eigenvalue weighted by atomic mass is 16.5. The van der Waals surface area contributed by atoms with E-state index < -0.39 is 0 Å². The number of nitrogens with one attached hydrogen (secondary N) is 2. The molecule has 0 aliphatic carbocycles. The van der Waals surface area contributed by atoms with Gasteiger partial charge in [-0.25, -0.2) is 4.98 Å². The van der Waals surface area contributed by atoms with Crippen LogP contribution in [0.25, 0.3) is 0 Å². The van der Waals surface area contributed by atoms with Gasteiger partial charge in [0, 0.05) is 24.5 Å². The highest BCUT2D eigenvalue weighted by Gasteiger charge is 2.13. The fourth-order valence-corrected chi connectivity index (χ4v) is 3.20. The Balaban J connectivity index is 1.65. The number of aromatic nitrogens is 1. The highest BCUT2D eigenvalue weighted by molar-refractivity contribution is 6.07. The first-order chi connectivity index (χ1) is 15.6. The van der Waals surface area contributed by atoms with Gasteiger partial charge in [0.15, 0.2) is 11.5 Å². The summed E-state index contributed by atoms with van der Waals surface area (Å²) < 4.78 is 16.5. The van der Waals surface area contributed by atoms with Gasteiger partial charge in [0.05, 0.1) is 25.9 Å². The number of ether oxygens (including phenoxy) is 3. The van der Waals surface area contributed by atoms with Crippen LogP contribution in [0.5, 0.6) is 17.2 Å². The summed E-state index contributed by atoms with van der Waals surface area (Å²) in [6.07, 6.45) is 2.40. The number of methoxy groups -OCH3 is 1. The van der Waals surface area contributed by atoms with E-state index in [0.29, 0.717) is 42.6 Å². The van der Waals surface area contributed by atoms with Gasteiger partial charge in [-0.3, -0.25) is 4.79 Å². The second kappa shape index (κ2) is 11.6. The molecule has 0 aliphatic heterocycles. The largest absolute Gasteiger partial charge is 0.497 e. The molecule has 2 N–H and O–H groups in total. The first-order valence-electron chi connectivity index (χ1n) is 10.7. The lowest BCUT2D eigenvalue weighted by Crippen LogP contribution is -2.16. The van der Waals surface area contributed by atoms with Gasteiger partial charge in [0.2, 0.25) is 0 Å². The molecule has 3 aromatic rings. The van der Waals surface area contributed by atoms with E-state index >= 15 is 0 Å². The molecule has 7 heteroatoms. The van der Waals surface area contributed by atoms with Crippen molar-refractivity contribution in [3.8, 4) is 17.2 Å². The van der Waals surface area contributed by atoms with Crippen LogP contribution in [-0.4, -0.2) is 37.8 Å². The Morgan fingerprint density at radius 1 is 0.969 bits per heavy atom. The van der Waals surface area contributed by atoms with Crippen molar-refractivity contribution >= 4 is 17.4 Å². The fraction of sp³-hybridized carbons (Fsp3) is 0.280. The quantitative estimate of drug-likeness (QED) is 0.451. The molecule has 1 heterocycles. The summed E-state index contributed by atoms with van der Waals surface area (Å²) in [5.41, 5.74) is 2.22. The van der Waals surface area contributed by atoms with Crippen molar-refractivity contribution in [1.82, 2.24) is 4.98 Å². The van der Waals surface area contributed by atoms with Crippen molar-refractivity contribution in [2.45, 2.75) is 20.3 Å². The maximum atomic E-state index is 12.8. The molecule has 3 rings (SSSR count). The second-order valence-electron chi connectivity index (χ2n) is 6.91. The Bertz CT molecular complexity index is 1040. The van der Waals surface area contributed by atoms with Gasteiger partial charge in [0.1, 0.15) is 11.6 Å². The van der Waals surface area contributed by atoms with E-state index in [4.69, 9.17) is 14.2 Å². The fourth-order valence-electron chi connectivity index (χ4n) is 3.20. The zero-order valence-electron chi connectivity index (χ0n) is 18.7. The maximum Gasteiger partial charge on any atom is 0.259 e. The molecule has 0 unspecified atom stereocenters. The van der Waals surface area contributed by atoms with Gasteiger partial charge in [-0.05, 0) is 62.2 Å². The lowest BCUT2D eigenvalue weighted by molar-refractivity contribution is 0.102. The van der Waals surface area contributed by atoms with Crippen molar-refractivity contribution in [1.29, 1.82) is 0 Å². The van der Waals surface area contributed by atoms with Crippen molar-refractivity contribution in [2.24, 2.45) is 0 Å². The van der Waals surface area contributed by atoms with E-state index in [1.807, 2.05) is 50.2 Å². The van der Waals surface area contributed by atoms with Crippen LogP contribution < -0.4 is 24.8 Å². The molecule has 0 bridgehead atoms. The van der Waals surface area contributed by atoms with Gasteiger partial charge in [0.25, 0.3) is 5.91 Å². The molecule has 0 saturated carbocycles. The predicted molar refractivity (Wildman–Crippen MR) is 126 cm³/mol.